The van der Waals surface area contributed by atoms with E-state index in [-0.39, 0.29) is 16.8 Å². The van der Waals surface area contributed by atoms with Crippen molar-refractivity contribution in [1.29, 1.82) is 0 Å². The zero-order chi connectivity index (χ0) is 32.8. The summed E-state index contributed by atoms with van der Waals surface area (Å²) in [5.41, 5.74) is 2.41. The highest BCUT2D eigenvalue weighted by Gasteiger charge is 2.38. The third-order valence-electron chi connectivity index (χ3n) is 10.5. The fourth-order valence-electron chi connectivity index (χ4n) is 7.52. The van der Waals surface area contributed by atoms with Crippen LogP contribution in [0.5, 0.6) is 23.0 Å². The van der Waals surface area contributed by atoms with Gasteiger partial charge in [-0.25, -0.2) is 0 Å². The fourth-order valence-corrected chi connectivity index (χ4v) is 7.52. The minimum absolute atomic E-state index is 0.0303. The van der Waals surface area contributed by atoms with Crippen molar-refractivity contribution in [3.05, 3.63) is 128 Å². The Bertz CT molecular complexity index is 1530. The van der Waals surface area contributed by atoms with Gasteiger partial charge in [-0.05, 0) is 103 Å². The summed E-state index contributed by atoms with van der Waals surface area (Å²) in [6.45, 7) is 2.39. The van der Waals surface area contributed by atoms with Crippen molar-refractivity contribution in [3.63, 3.8) is 0 Å². The molecule has 8 heteroatoms. The minimum Gasteiger partial charge on any atom is -0.457 e. The summed E-state index contributed by atoms with van der Waals surface area (Å²) in [6.07, 6.45) is 12.7. The number of hydrogen-bond acceptors (Lipinski definition) is 6. The topological polar surface area (TPSA) is 105 Å². The predicted molar refractivity (Wildman–Crippen MR) is 182 cm³/mol. The van der Waals surface area contributed by atoms with Gasteiger partial charge < -0.3 is 9.47 Å². The lowest BCUT2D eigenvalue weighted by Crippen LogP contribution is -2.33. The van der Waals surface area contributed by atoms with Crippen LogP contribution in [0.3, 0.4) is 0 Å². The van der Waals surface area contributed by atoms with Gasteiger partial charge in [-0.2, -0.15) is 0 Å². The summed E-state index contributed by atoms with van der Waals surface area (Å²) >= 11 is 0. The molecule has 0 spiro atoms. The van der Waals surface area contributed by atoms with Crippen molar-refractivity contribution in [3.8, 4) is 23.0 Å². The molecule has 0 bridgehead atoms. The predicted octanol–water partition coefficient (Wildman–Crippen LogP) is 11.2. The standard InChI is InChI=1S/C39H42N2O6/c1-28-2-4-29(5-3-28)6-7-30-24-26-39(27-25-30,31-8-16-35(17-9-31)46-37-20-12-33(13-21-37)40(42)43)32-10-18-36(19-11-32)47-38-22-14-34(15-23-38)41(44)45/h8-23,28-30H,2-7,24-27H2,1H3. The molecule has 4 aromatic rings. The Kier molecular flexibility index (Phi) is 9.85. The summed E-state index contributed by atoms with van der Waals surface area (Å²) in [6, 6.07) is 28.8. The highest BCUT2D eigenvalue weighted by atomic mass is 16.6. The van der Waals surface area contributed by atoms with Crippen LogP contribution in [0.25, 0.3) is 0 Å². The van der Waals surface area contributed by atoms with Gasteiger partial charge in [0.1, 0.15) is 23.0 Å². The lowest BCUT2D eigenvalue weighted by molar-refractivity contribution is -0.385. The first-order valence-electron chi connectivity index (χ1n) is 16.8. The molecule has 47 heavy (non-hydrogen) atoms. The van der Waals surface area contributed by atoms with Gasteiger partial charge in [-0.15, -0.1) is 0 Å². The van der Waals surface area contributed by atoms with E-state index in [0.29, 0.717) is 23.0 Å². The molecule has 0 saturated heterocycles. The number of benzene rings is 4. The average molecular weight is 635 g/mol. The van der Waals surface area contributed by atoms with Gasteiger partial charge in [-0.3, -0.25) is 20.2 Å². The number of ether oxygens (including phenoxy) is 2. The number of nitrogens with zero attached hydrogens (tertiary/aromatic N) is 2. The van der Waals surface area contributed by atoms with Gasteiger partial charge in [0.25, 0.3) is 11.4 Å². The quantitative estimate of drug-likeness (QED) is 0.120. The Morgan fingerprint density at radius 2 is 0.894 bits per heavy atom. The van der Waals surface area contributed by atoms with Gasteiger partial charge in [-0.1, -0.05) is 69.7 Å². The van der Waals surface area contributed by atoms with Crippen LogP contribution in [0.2, 0.25) is 0 Å². The summed E-state index contributed by atoms with van der Waals surface area (Å²) in [5.74, 6) is 4.99. The molecule has 0 N–H and O–H groups in total. The van der Waals surface area contributed by atoms with Crippen LogP contribution in [-0.4, -0.2) is 9.85 Å². The van der Waals surface area contributed by atoms with E-state index in [2.05, 4.69) is 31.2 Å². The van der Waals surface area contributed by atoms with Crippen molar-refractivity contribution in [2.75, 3.05) is 0 Å². The molecule has 2 fully saturated rings. The largest absolute Gasteiger partial charge is 0.457 e. The number of nitro benzene ring substituents is 2. The van der Waals surface area contributed by atoms with Crippen molar-refractivity contribution in [2.45, 2.75) is 76.5 Å². The Morgan fingerprint density at radius 3 is 1.26 bits per heavy atom. The van der Waals surface area contributed by atoms with Crippen LogP contribution < -0.4 is 9.47 Å². The number of rotatable bonds is 11. The number of hydrogen-bond donors (Lipinski definition) is 0. The fraction of sp³-hybridized carbons (Fsp3) is 0.385. The van der Waals surface area contributed by atoms with Crippen LogP contribution in [0, 0.1) is 38.0 Å². The third-order valence-corrected chi connectivity index (χ3v) is 10.5. The molecule has 2 aliphatic rings. The van der Waals surface area contributed by atoms with Gasteiger partial charge in [0.2, 0.25) is 0 Å². The molecule has 0 aliphatic heterocycles. The molecule has 0 radical (unpaired) electrons. The second-order valence-electron chi connectivity index (χ2n) is 13.5. The van der Waals surface area contributed by atoms with E-state index in [0.717, 1.165) is 30.6 Å². The van der Waals surface area contributed by atoms with Crippen molar-refractivity contribution >= 4 is 11.4 Å². The van der Waals surface area contributed by atoms with E-state index in [9.17, 15) is 20.2 Å². The maximum Gasteiger partial charge on any atom is 0.269 e. The maximum absolute atomic E-state index is 11.0. The van der Waals surface area contributed by atoms with Crippen LogP contribution >= 0.6 is 0 Å². The van der Waals surface area contributed by atoms with Crippen LogP contribution in [0.1, 0.15) is 82.3 Å². The first-order valence-corrected chi connectivity index (χ1v) is 16.8. The molecule has 2 aliphatic carbocycles. The lowest BCUT2D eigenvalue weighted by Gasteiger charge is -2.42. The number of non-ortho nitro benzene ring substituents is 2. The molecule has 0 aromatic heterocycles. The molecule has 244 valence electrons. The monoisotopic (exact) mass is 634 g/mol. The lowest BCUT2D eigenvalue weighted by atomic mass is 9.62. The van der Waals surface area contributed by atoms with E-state index >= 15 is 0 Å². The Labute approximate surface area is 276 Å². The highest BCUT2D eigenvalue weighted by molar-refractivity contribution is 5.46. The van der Waals surface area contributed by atoms with Gasteiger partial charge in [0, 0.05) is 29.7 Å². The highest BCUT2D eigenvalue weighted by Crippen LogP contribution is 2.49. The van der Waals surface area contributed by atoms with Crippen LogP contribution in [0.15, 0.2) is 97.1 Å². The molecule has 0 atom stereocenters. The van der Waals surface area contributed by atoms with E-state index in [4.69, 9.17) is 9.47 Å². The molecule has 8 nitrogen and oxygen atoms in total. The first-order chi connectivity index (χ1) is 22.8. The van der Waals surface area contributed by atoms with E-state index in [1.807, 2.05) is 24.3 Å². The van der Waals surface area contributed by atoms with Gasteiger partial charge in [0.05, 0.1) is 9.85 Å². The molecular weight excluding hydrogens is 592 g/mol. The molecular formula is C39H42N2O6. The van der Waals surface area contributed by atoms with Crippen LogP contribution in [0.4, 0.5) is 11.4 Å². The Hall–Kier alpha value is -4.72. The third kappa shape index (κ3) is 7.81. The summed E-state index contributed by atoms with van der Waals surface area (Å²) < 4.78 is 12.0. The zero-order valence-corrected chi connectivity index (χ0v) is 26.9. The number of nitro groups is 2. The van der Waals surface area contributed by atoms with E-state index < -0.39 is 9.85 Å². The van der Waals surface area contributed by atoms with Crippen molar-refractivity contribution < 1.29 is 19.3 Å². The smallest absolute Gasteiger partial charge is 0.269 e. The summed E-state index contributed by atoms with van der Waals surface area (Å²) in [4.78, 5) is 21.2. The van der Waals surface area contributed by atoms with Gasteiger partial charge >= 0.3 is 0 Å². The van der Waals surface area contributed by atoms with Crippen LogP contribution in [-0.2, 0) is 5.41 Å². The summed E-state index contributed by atoms with van der Waals surface area (Å²) in [5, 5.41) is 22.0. The van der Waals surface area contributed by atoms with E-state index in [1.165, 1.54) is 86.8 Å². The second-order valence-corrected chi connectivity index (χ2v) is 13.5. The zero-order valence-electron chi connectivity index (χ0n) is 26.9. The molecule has 0 amide bonds. The molecule has 2 saturated carbocycles. The van der Waals surface area contributed by atoms with Crippen molar-refractivity contribution in [2.24, 2.45) is 17.8 Å². The minimum atomic E-state index is -0.419. The molecule has 4 aromatic carbocycles. The van der Waals surface area contributed by atoms with Gasteiger partial charge in [0.15, 0.2) is 0 Å². The molecule has 0 heterocycles. The SMILES string of the molecule is CC1CCC(CCC2CCC(c3ccc(Oc4ccc([N+](=O)[O-])cc4)cc3)(c3ccc(Oc4ccc([N+](=O)[O-])cc4)cc3)CC2)CC1. The normalized spacial score (nSPS) is 19.5. The second kappa shape index (κ2) is 14.4. The summed E-state index contributed by atoms with van der Waals surface area (Å²) in [7, 11) is 0. The Balaban J connectivity index is 1.18. The van der Waals surface area contributed by atoms with E-state index in [1.54, 1.807) is 24.3 Å². The molecule has 0 unspecified atom stereocenters. The Morgan fingerprint density at radius 1 is 0.553 bits per heavy atom. The molecule has 6 rings (SSSR count). The first kappa shape index (κ1) is 32.2. The average Bonchev–Trinajstić information content (AvgIpc) is 3.09. The maximum atomic E-state index is 11.0. The van der Waals surface area contributed by atoms with Crippen molar-refractivity contribution in [1.82, 2.24) is 0 Å².